The average molecular weight is 469 g/mol. The van der Waals surface area contributed by atoms with E-state index in [-0.39, 0.29) is 0 Å². The summed E-state index contributed by atoms with van der Waals surface area (Å²) < 4.78 is 12.3. The van der Waals surface area contributed by atoms with Gasteiger partial charge in [-0.2, -0.15) is 4.98 Å². The van der Waals surface area contributed by atoms with Crippen LogP contribution in [0.5, 0.6) is 5.75 Å². The second kappa shape index (κ2) is 10.4. The van der Waals surface area contributed by atoms with Crippen LogP contribution in [-0.2, 0) is 6.42 Å². The van der Waals surface area contributed by atoms with Gasteiger partial charge in [0.25, 0.3) is 6.01 Å². The fourth-order valence-electron chi connectivity index (χ4n) is 4.12. The summed E-state index contributed by atoms with van der Waals surface area (Å²) in [5, 5.41) is 17.9. The Balaban J connectivity index is 1.64. The van der Waals surface area contributed by atoms with Gasteiger partial charge in [0.1, 0.15) is 11.3 Å². The van der Waals surface area contributed by atoms with Crippen molar-refractivity contribution in [2.75, 3.05) is 11.9 Å². The number of tetrazole rings is 1. The Bertz CT molecular complexity index is 1380. The number of aromatic nitrogens is 5. The molecule has 0 saturated heterocycles. The third-order valence-corrected chi connectivity index (χ3v) is 5.79. The van der Waals surface area contributed by atoms with Crippen LogP contribution in [0.3, 0.4) is 0 Å². The monoisotopic (exact) mass is 468 g/mol. The second-order valence-corrected chi connectivity index (χ2v) is 8.37. The van der Waals surface area contributed by atoms with Gasteiger partial charge in [0, 0.05) is 5.56 Å². The third kappa shape index (κ3) is 4.87. The maximum Gasteiger partial charge on any atom is 0.300 e. The maximum atomic E-state index is 6.28. The van der Waals surface area contributed by atoms with Gasteiger partial charge < -0.3 is 14.5 Å². The van der Waals surface area contributed by atoms with E-state index in [9.17, 15) is 0 Å². The summed E-state index contributed by atoms with van der Waals surface area (Å²) in [4.78, 5) is 4.62. The lowest BCUT2D eigenvalue weighted by atomic mass is 9.94. The number of unbranched alkanes of at least 4 members (excludes halogenated alkanes) is 1. The molecule has 0 unspecified atom stereocenters. The summed E-state index contributed by atoms with van der Waals surface area (Å²) in [5.74, 6) is 1.46. The smallest absolute Gasteiger partial charge is 0.300 e. The van der Waals surface area contributed by atoms with Gasteiger partial charge in [0.05, 0.1) is 12.3 Å². The first kappa shape index (κ1) is 22.6. The Hall–Kier alpha value is -4.20. The molecular formula is C27H28N6O2. The molecule has 0 fully saturated rings. The minimum absolute atomic E-state index is 0.429. The molecule has 5 rings (SSSR count). The zero-order chi connectivity index (χ0) is 24.0. The van der Waals surface area contributed by atoms with Crippen molar-refractivity contribution < 1.29 is 9.15 Å². The Morgan fingerprint density at radius 3 is 2.57 bits per heavy atom. The predicted octanol–water partition coefficient (Wildman–Crippen LogP) is 6.55. The predicted molar refractivity (Wildman–Crippen MR) is 137 cm³/mol. The number of para-hydroxylation sites is 2. The molecule has 5 aromatic rings. The van der Waals surface area contributed by atoms with Crippen molar-refractivity contribution in [2.45, 2.75) is 39.5 Å². The quantitative estimate of drug-likeness (QED) is 0.240. The highest BCUT2D eigenvalue weighted by atomic mass is 16.5. The molecule has 178 valence electrons. The van der Waals surface area contributed by atoms with Gasteiger partial charge in [-0.05, 0) is 70.6 Å². The molecule has 0 aliphatic carbocycles. The Kier molecular flexibility index (Phi) is 6.70. The van der Waals surface area contributed by atoms with Crippen LogP contribution in [0.2, 0.25) is 0 Å². The number of anilines is 2. The highest BCUT2D eigenvalue weighted by molar-refractivity contribution is 5.85. The summed E-state index contributed by atoms with van der Waals surface area (Å²) in [6, 6.07) is 20.5. The molecule has 8 nitrogen and oxygen atoms in total. The van der Waals surface area contributed by atoms with Gasteiger partial charge in [-0.15, -0.1) is 5.10 Å². The lowest BCUT2D eigenvalue weighted by Gasteiger charge is -2.19. The molecule has 0 saturated carbocycles. The molecule has 0 aliphatic rings. The first-order valence-corrected chi connectivity index (χ1v) is 12.0. The molecule has 2 aromatic heterocycles. The second-order valence-electron chi connectivity index (χ2n) is 8.37. The Morgan fingerprint density at radius 2 is 1.80 bits per heavy atom. The molecular weight excluding hydrogens is 440 g/mol. The van der Waals surface area contributed by atoms with E-state index in [0.717, 1.165) is 70.5 Å². The van der Waals surface area contributed by atoms with E-state index in [1.165, 1.54) is 0 Å². The summed E-state index contributed by atoms with van der Waals surface area (Å²) in [7, 11) is 0. The molecule has 0 atom stereocenters. The number of hydrogen-bond donors (Lipinski definition) is 2. The number of H-pyrrole nitrogens is 1. The first-order valence-electron chi connectivity index (χ1n) is 12.0. The van der Waals surface area contributed by atoms with E-state index >= 15 is 0 Å². The molecule has 0 bridgehead atoms. The number of rotatable bonds is 10. The van der Waals surface area contributed by atoms with Crippen LogP contribution in [0.15, 0.2) is 65.1 Å². The molecule has 2 heterocycles. The van der Waals surface area contributed by atoms with Crippen molar-refractivity contribution in [3.8, 4) is 28.3 Å². The molecule has 2 N–H and O–H groups in total. The first-order chi connectivity index (χ1) is 17.3. The molecule has 8 heteroatoms. The number of hydrogen-bond acceptors (Lipinski definition) is 7. The molecule has 35 heavy (non-hydrogen) atoms. The van der Waals surface area contributed by atoms with Gasteiger partial charge in [-0.25, -0.2) is 5.10 Å². The Morgan fingerprint density at radius 1 is 0.971 bits per heavy atom. The summed E-state index contributed by atoms with van der Waals surface area (Å²) in [6.45, 7) is 4.93. The zero-order valence-electron chi connectivity index (χ0n) is 19.9. The van der Waals surface area contributed by atoms with Crippen LogP contribution >= 0.6 is 0 Å². The minimum atomic E-state index is 0.429. The van der Waals surface area contributed by atoms with Crippen LogP contribution < -0.4 is 10.1 Å². The number of nitrogens with zero attached hydrogens (tertiary/aromatic N) is 4. The lowest BCUT2D eigenvalue weighted by Crippen LogP contribution is -2.04. The van der Waals surface area contributed by atoms with Gasteiger partial charge in [-0.3, -0.25) is 0 Å². The van der Waals surface area contributed by atoms with Crippen LogP contribution in [0.25, 0.3) is 33.6 Å². The van der Waals surface area contributed by atoms with E-state index in [4.69, 9.17) is 9.15 Å². The van der Waals surface area contributed by atoms with Crippen molar-refractivity contribution >= 4 is 22.8 Å². The fourth-order valence-corrected chi connectivity index (χ4v) is 4.12. The highest BCUT2D eigenvalue weighted by Crippen LogP contribution is 2.40. The maximum absolute atomic E-state index is 6.28. The SMILES string of the molecule is CCCCc1cc(-c2ccccc2-c2nnn[nH]2)cc(Nc2nc3ccccc3o2)c1OCCC. The van der Waals surface area contributed by atoms with Crippen molar-refractivity contribution in [3.05, 3.63) is 66.2 Å². The summed E-state index contributed by atoms with van der Waals surface area (Å²) in [6.07, 6.45) is 3.96. The van der Waals surface area contributed by atoms with E-state index in [1.807, 2.05) is 42.5 Å². The topological polar surface area (TPSA) is 102 Å². The number of aromatic amines is 1. The number of ether oxygens (including phenoxy) is 1. The van der Waals surface area contributed by atoms with Gasteiger partial charge in [0.15, 0.2) is 11.4 Å². The normalized spacial score (nSPS) is 11.1. The Labute approximate surface area is 203 Å². The van der Waals surface area contributed by atoms with E-state index < -0.39 is 0 Å². The number of oxazole rings is 1. The number of aryl methyl sites for hydroxylation is 1. The van der Waals surface area contributed by atoms with Gasteiger partial charge >= 0.3 is 0 Å². The molecule has 0 aliphatic heterocycles. The van der Waals surface area contributed by atoms with Crippen LogP contribution in [0, 0.1) is 0 Å². The van der Waals surface area contributed by atoms with E-state index in [2.05, 4.69) is 63.0 Å². The molecule has 3 aromatic carbocycles. The van der Waals surface area contributed by atoms with Crippen LogP contribution in [-0.4, -0.2) is 32.2 Å². The number of fused-ring (bicyclic) bond motifs is 1. The lowest BCUT2D eigenvalue weighted by molar-refractivity contribution is 0.315. The van der Waals surface area contributed by atoms with Crippen molar-refractivity contribution in [1.29, 1.82) is 0 Å². The zero-order valence-corrected chi connectivity index (χ0v) is 19.9. The molecule has 0 amide bonds. The summed E-state index contributed by atoms with van der Waals surface area (Å²) >= 11 is 0. The standard InChI is InChI=1S/C27H28N6O2/c1-3-5-10-18-16-19(20-11-6-7-12-21(20)26-30-32-33-31-26)17-23(25(18)34-15-4-2)29-27-28-22-13-8-9-14-24(22)35-27/h6-9,11-14,16-17H,3-5,10,15H2,1-2H3,(H,28,29)(H,30,31,32,33). The fraction of sp³-hybridized carbons (Fsp3) is 0.259. The molecule has 0 radical (unpaired) electrons. The van der Waals surface area contributed by atoms with Crippen molar-refractivity contribution in [3.63, 3.8) is 0 Å². The third-order valence-electron chi connectivity index (χ3n) is 5.79. The number of nitrogens with one attached hydrogen (secondary N) is 2. The summed E-state index contributed by atoms with van der Waals surface area (Å²) in [5.41, 5.74) is 6.47. The largest absolute Gasteiger partial charge is 0.491 e. The average Bonchev–Trinajstić information content (AvgIpc) is 3.56. The van der Waals surface area contributed by atoms with E-state index in [1.54, 1.807) is 0 Å². The van der Waals surface area contributed by atoms with Crippen molar-refractivity contribution in [1.82, 2.24) is 25.6 Å². The van der Waals surface area contributed by atoms with Crippen molar-refractivity contribution in [2.24, 2.45) is 0 Å². The van der Waals surface area contributed by atoms with E-state index in [0.29, 0.717) is 18.4 Å². The van der Waals surface area contributed by atoms with Crippen LogP contribution in [0.1, 0.15) is 38.7 Å². The van der Waals surface area contributed by atoms with Gasteiger partial charge in [-0.1, -0.05) is 56.7 Å². The minimum Gasteiger partial charge on any atom is -0.491 e. The van der Waals surface area contributed by atoms with Gasteiger partial charge in [0.2, 0.25) is 0 Å². The molecule has 0 spiro atoms. The van der Waals surface area contributed by atoms with Crippen LogP contribution in [0.4, 0.5) is 11.7 Å². The number of benzene rings is 3. The highest BCUT2D eigenvalue weighted by Gasteiger charge is 2.18.